The lowest BCUT2D eigenvalue weighted by Gasteiger charge is -2.29. The molecule has 9 heteroatoms. The second kappa shape index (κ2) is 13.3. The van der Waals surface area contributed by atoms with Crippen molar-refractivity contribution in [2.45, 2.75) is 26.8 Å². The number of amides is 1. The van der Waals surface area contributed by atoms with E-state index in [0.29, 0.717) is 28.4 Å². The van der Waals surface area contributed by atoms with Crippen LogP contribution in [-0.2, 0) is 20.9 Å². The maximum absolute atomic E-state index is 12.7. The van der Waals surface area contributed by atoms with Crippen LogP contribution in [0.1, 0.15) is 31.4 Å². The molecule has 35 heavy (non-hydrogen) atoms. The monoisotopic (exact) mass is 479 g/mol. The van der Waals surface area contributed by atoms with Crippen LogP contribution in [0.3, 0.4) is 0 Å². The van der Waals surface area contributed by atoms with Gasteiger partial charge >= 0.3 is 5.97 Å². The van der Waals surface area contributed by atoms with E-state index >= 15 is 0 Å². The number of carbonyl (C=O) groups excluding carboxylic acids is 2. The molecule has 1 aliphatic heterocycles. The summed E-state index contributed by atoms with van der Waals surface area (Å²) < 4.78 is 15.7. The molecule has 0 saturated carbocycles. The fraction of sp³-hybridized carbons (Fsp3) is 0.269. The lowest BCUT2D eigenvalue weighted by molar-refractivity contribution is -0.140. The highest BCUT2D eigenvalue weighted by atomic mass is 16.5. The molecular weight excluding hydrogens is 450 g/mol. The van der Waals surface area contributed by atoms with Gasteiger partial charge in [-0.15, -0.1) is 12.3 Å². The van der Waals surface area contributed by atoms with E-state index in [1.807, 2.05) is 6.92 Å². The second-order valence-corrected chi connectivity index (χ2v) is 7.00. The number of nitrogens with one attached hydrogen (secondary N) is 1. The summed E-state index contributed by atoms with van der Waals surface area (Å²) in [6, 6.07) is 12.3. The van der Waals surface area contributed by atoms with Crippen LogP contribution in [0.5, 0.6) is 17.2 Å². The highest BCUT2D eigenvalue weighted by Crippen LogP contribution is 2.37. The van der Waals surface area contributed by atoms with Gasteiger partial charge in [-0.1, -0.05) is 19.1 Å². The first-order valence-electron chi connectivity index (χ1n) is 10.8. The number of rotatable bonds is 7. The average Bonchev–Trinajstić information content (AvgIpc) is 2.88. The third-order valence-electron chi connectivity index (χ3n) is 4.76. The van der Waals surface area contributed by atoms with Gasteiger partial charge in [0.15, 0.2) is 11.5 Å². The average molecular weight is 480 g/mol. The number of ether oxygens (including phenoxy) is 3. The number of carbonyl (C=O) groups is 2. The zero-order chi connectivity index (χ0) is 25.8. The van der Waals surface area contributed by atoms with E-state index in [4.69, 9.17) is 15.9 Å². The Morgan fingerprint density at radius 1 is 1.20 bits per heavy atom. The first kappa shape index (κ1) is 26.8. The maximum atomic E-state index is 12.7. The molecule has 0 spiro atoms. The molecule has 0 radical (unpaired) electrons. The third kappa shape index (κ3) is 7.01. The predicted octanol–water partition coefficient (Wildman–Crippen LogP) is 3.85. The topological polar surface area (TPSA) is 110 Å². The summed E-state index contributed by atoms with van der Waals surface area (Å²) >= 11 is 0. The highest BCUT2D eigenvalue weighted by Gasteiger charge is 2.31. The number of hydrogen-bond acceptors (Lipinski definition) is 8. The number of esters is 1. The van der Waals surface area contributed by atoms with Gasteiger partial charge in [-0.2, -0.15) is 5.10 Å². The quantitative estimate of drug-likeness (QED) is 0.353. The molecular formula is C26H29N3O6. The number of benzene rings is 2. The SMILES string of the molecule is C#CCC.C/C=N\N1Cc2c(Oc3ccc(OC)cc3)cccc2C(O)=C1C(=O)NCC(=O)OC. The highest BCUT2D eigenvalue weighted by molar-refractivity contribution is 6.01. The van der Waals surface area contributed by atoms with Crippen LogP contribution in [0.15, 0.2) is 53.3 Å². The standard InChI is InChI=1S/C22H23N3O6.C4H6/c1-4-24-25-13-17-16(21(27)20(25)22(28)23-12-19(26)30-3)6-5-7-18(17)31-15-10-8-14(29-2)9-11-15;1-3-4-2/h4-11,27H,12-13H2,1-3H3,(H,23,28);1H,4H2,2H3/b24-4-;. The van der Waals surface area contributed by atoms with Crippen molar-refractivity contribution in [3.05, 3.63) is 59.3 Å². The number of terminal acetylenes is 1. The molecule has 0 atom stereocenters. The molecule has 3 rings (SSSR count). The first-order valence-corrected chi connectivity index (χ1v) is 10.8. The molecule has 1 amide bonds. The first-order chi connectivity index (χ1) is 16.9. The Labute approximate surface area is 205 Å². The summed E-state index contributed by atoms with van der Waals surface area (Å²) in [5.41, 5.74) is 1.03. The van der Waals surface area contributed by atoms with Gasteiger partial charge in [0, 0.05) is 23.8 Å². The third-order valence-corrected chi connectivity index (χ3v) is 4.76. The number of aliphatic hydroxyl groups is 1. The van der Waals surface area contributed by atoms with Gasteiger partial charge in [0.05, 0.1) is 20.8 Å². The zero-order valence-corrected chi connectivity index (χ0v) is 20.2. The Morgan fingerprint density at radius 2 is 1.86 bits per heavy atom. The van der Waals surface area contributed by atoms with Crippen molar-refractivity contribution in [1.82, 2.24) is 10.3 Å². The predicted molar refractivity (Wildman–Crippen MR) is 133 cm³/mol. The number of nitrogens with zero attached hydrogens (tertiary/aromatic N) is 2. The summed E-state index contributed by atoms with van der Waals surface area (Å²) in [6.07, 6.45) is 7.12. The lowest BCUT2D eigenvalue weighted by atomic mass is 9.99. The van der Waals surface area contributed by atoms with E-state index in [0.717, 1.165) is 6.42 Å². The number of aliphatic hydroxyl groups excluding tert-OH is 1. The van der Waals surface area contributed by atoms with E-state index in [1.54, 1.807) is 56.5 Å². The van der Waals surface area contributed by atoms with Crippen molar-refractivity contribution in [3.8, 4) is 29.6 Å². The summed E-state index contributed by atoms with van der Waals surface area (Å²) in [7, 11) is 2.81. The molecule has 0 aromatic heterocycles. The van der Waals surface area contributed by atoms with Crippen LogP contribution in [-0.4, -0.2) is 49.0 Å². The zero-order valence-electron chi connectivity index (χ0n) is 20.2. The van der Waals surface area contributed by atoms with Crippen molar-refractivity contribution in [1.29, 1.82) is 0 Å². The molecule has 2 N–H and O–H groups in total. The Kier molecular flexibility index (Phi) is 10.2. The van der Waals surface area contributed by atoms with Crippen LogP contribution in [0.25, 0.3) is 5.76 Å². The number of hydrazone groups is 1. The fourth-order valence-electron chi connectivity index (χ4n) is 3.07. The van der Waals surface area contributed by atoms with E-state index in [2.05, 4.69) is 21.1 Å². The van der Waals surface area contributed by atoms with E-state index < -0.39 is 11.9 Å². The molecule has 0 bridgehead atoms. The number of hydrogen-bond donors (Lipinski definition) is 2. The molecule has 1 aliphatic rings. The van der Waals surface area contributed by atoms with Crippen molar-refractivity contribution >= 4 is 23.9 Å². The normalized spacial score (nSPS) is 12.1. The summed E-state index contributed by atoms with van der Waals surface area (Å²) in [5.74, 6) is 2.71. The van der Waals surface area contributed by atoms with Gasteiger partial charge in [-0.25, -0.2) is 0 Å². The second-order valence-electron chi connectivity index (χ2n) is 7.00. The lowest BCUT2D eigenvalue weighted by Crippen LogP contribution is -2.38. The molecule has 0 fully saturated rings. The minimum atomic E-state index is -0.652. The molecule has 0 aliphatic carbocycles. The number of methoxy groups -OCH3 is 2. The van der Waals surface area contributed by atoms with Gasteiger partial charge in [-0.3, -0.25) is 14.6 Å². The number of fused-ring (bicyclic) bond motifs is 1. The van der Waals surface area contributed by atoms with E-state index in [1.165, 1.54) is 18.3 Å². The smallest absolute Gasteiger partial charge is 0.325 e. The van der Waals surface area contributed by atoms with Gasteiger partial charge in [0.1, 0.15) is 23.8 Å². The van der Waals surface area contributed by atoms with Crippen molar-refractivity contribution < 1.29 is 28.9 Å². The van der Waals surface area contributed by atoms with Crippen LogP contribution < -0.4 is 14.8 Å². The van der Waals surface area contributed by atoms with Gasteiger partial charge in [-0.05, 0) is 37.3 Å². The summed E-state index contributed by atoms with van der Waals surface area (Å²) in [4.78, 5) is 24.0. The minimum Gasteiger partial charge on any atom is -0.505 e. The summed E-state index contributed by atoms with van der Waals surface area (Å²) in [6.45, 7) is 3.48. The molecule has 0 saturated heterocycles. The van der Waals surface area contributed by atoms with Crippen molar-refractivity contribution in [2.75, 3.05) is 20.8 Å². The Balaban J connectivity index is 0.00000100. The molecule has 9 nitrogen and oxygen atoms in total. The Morgan fingerprint density at radius 3 is 2.43 bits per heavy atom. The van der Waals surface area contributed by atoms with Gasteiger partial charge < -0.3 is 24.6 Å². The largest absolute Gasteiger partial charge is 0.505 e. The molecule has 1 heterocycles. The van der Waals surface area contributed by atoms with Crippen LogP contribution in [0.4, 0.5) is 0 Å². The van der Waals surface area contributed by atoms with Crippen LogP contribution in [0, 0.1) is 12.3 Å². The van der Waals surface area contributed by atoms with E-state index in [9.17, 15) is 14.7 Å². The van der Waals surface area contributed by atoms with E-state index in [-0.39, 0.29) is 24.5 Å². The maximum Gasteiger partial charge on any atom is 0.325 e. The van der Waals surface area contributed by atoms with Crippen molar-refractivity contribution in [3.63, 3.8) is 0 Å². The summed E-state index contributed by atoms with van der Waals surface area (Å²) in [5, 5.41) is 18.9. The van der Waals surface area contributed by atoms with Crippen LogP contribution >= 0.6 is 0 Å². The molecule has 184 valence electrons. The van der Waals surface area contributed by atoms with Gasteiger partial charge in [0.2, 0.25) is 0 Å². The molecule has 0 unspecified atom stereocenters. The van der Waals surface area contributed by atoms with Gasteiger partial charge in [0.25, 0.3) is 5.91 Å². The minimum absolute atomic E-state index is 0.0731. The Bertz CT molecular complexity index is 1130. The fourth-order valence-corrected chi connectivity index (χ4v) is 3.07. The molecule has 2 aromatic rings. The van der Waals surface area contributed by atoms with Crippen LogP contribution in [0.2, 0.25) is 0 Å². The Hall–Kier alpha value is -4.45. The van der Waals surface area contributed by atoms with Crippen molar-refractivity contribution in [2.24, 2.45) is 5.10 Å². The molecule has 2 aromatic carbocycles.